The molecular formula is C16H18N2O3. The van der Waals surface area contributed by atoms with Crippen molar-refractivity contribution in [2.75, 3.05) is 5.32 Å². The number of carbonyl (C=O) groups excluding carboxylic acids is 1. The number of nitrogens with one attached hydrogen (secondary N) is 2. The molecule has 0 saturated heterocycles. The highest BCUT2D eigenvalue weighted by atomic mass is 16.4. The largest absolute Gasteiger partial charge is 0.480 e. The molecule has 0 radical (unpaired) electrons. The summed E-state index contributed by atoms with van der Waals surface area (Å²) in [4.78, 5) is 22.7. The summed E-state index contributed by atoms with van der Waals surface area (Å²) in [5.41, 5.74) is 0.846. The number of aliphatic carboxylic acids is 1. The number of anilines is 1. The van der Waals surface area contributed by atoms with Gasteiger partial charge in [-0.1, -0.05) is 36.4 Å². The number of hydrogen-bond donors (Lipinski definition) is 3. The maximum absolute atomic E-state index is 12.0. The minimum atomic E-state index is -1.05. The van der Waals surface area contributed by atoms with Crippen molar-refractivity contribution in [1.82, 2.24) is 5.32 Å². The molecule has 2 unspecified atom stereocenters. The van der Waals surface area contributed by atoms with E-state index in [0.717, 1.165) is 16.5 Å². The van der Waals surface area contributed by atoms with Crippen LogP contribution in [0.25, 0.3) is 10.8 Å². The highest BCUT2D eigenvalue weighted by Gasteiger charge is 2.19. The predicted molar refractivity (Wildman–Crippen MR) is 82.3 cm³/mol. The number of benzene rings is 2. The maximum atomic E-state index is 12.0. The van der Waals surface area contributed by atoms with Crippen LogP contribution in [0.15, 0.2) is 42.5 Å². The van der Waals surface area contributed by atoms with E-state index in [-0.39, 0.29) is 5.91 Å². The Bertz CT molecular complexity index is 664. The molecule has 5 nitrogen and oxygen atoms in total. The first-order valence-corrected chi connectivity index (χ1v) is 6.76. The fourth-order valence-corrected chi connectivity index (χ4v) is 2.05. The fourth-order valence-electron chi connectivity index (χ4n) is 2.05. The zero-order valence-electron chi connectivity index (χ0n) is 12.0. The molecule has 0 bridgehead atoms. The third-order valence-electron chi connectivity index (χ3n) is 3.28. The summed E-state index contributed by atoms with van der Waals surface area (Å²) in [6.45, 7) is 3.14. The van der Waals surface area contributed by atoms with Gasteiger partial charge in [0.05, 0.1) is 0 Å². The number of amides is 1. The number of hydrogen-bond acceptors (Lipinski definition) is 3. The summed E-state index contributed by atoms with van der Waals surface area (Å²) in [5.74, 6) is -1.40. The van der Waals surface area contributed by atoms with Crippen LogP contribution in [0.5, 0.6) is 0 Å². The number of carboxylic acid groups (broad SMARTS) is 1. The summed E-state index contributed by atoms with van der Waals surface area (Å²) in [6.07, 6.45) is 0. The maximum Gasteiger partial charge on any atom is 0.325 e. The van der Waals surface area contributed by atoms with Crippen molar-refractivity contribution in [3.8, 4) is 0 Å². The average Bonchev–Trinajstić information content (AvgIpc) is 2.47. The van der Waals surface area contributed by atoms with Gasteiger partial charge in [-0.2, -0.15) is 0 Å². The lowest BCUT2D eigenvalue weighted by Crippen LogP contribution is -2.45. The lowest BCUT2D eigenvalue weighted by atomic mass is 10.1. The third kappa shape index (κ3) is 3.51. The van der Waals surface area contributed by atoms with Crippen LogP contribution in [0.2, 0.25) is 0 Å². The van der Waals surface area contributed by atoms with E-state index in [1.807, 2.05) is 42.5 Å². The standard InChI is InChI=1S/C16H18N2O3/c1-10(15(19)18-11(2)16(20)21)17-14-9-5-7-12-6-3-4-8-13(12)14/h3-11,17H,1-2H3,(H,18,19)(H,20,21). The van der Waals surface area contributed by atoms with Crippen LogP contribution in [0, 0.1) is 0 Å². The fraction of sp³-hybridized carbons (Fsp3) is 0.250. The average molecular weight is 286 g/mol. The Kier molecular flexibility index (Phi) is 4.42. The molecule has 0 aliphatic carbocycles. The molecule has 0 aromatic heterocycles. The van der Waals surface area contributed by atoms with Crippen molar-refractivity contribution in [2.24, 2.45) is 0 Å². The molecule has 2 atom stereocenters. The van der Waals surface area contributed by atoms with E-state index >= 15 is 0 Å². The predicted octanol–water partition coefficient (Wildman–Crippen LogP) is 2.23. The van der Waals surface area contributed by atoms with Gasteiger partial charge in [0, 0.05) is 11.1 Å². The van der Waals surface area contributed by atoms with Gasteiger partial charge in [0.25, 0.3) is 0 Å². The van der Waals surface area contributed by atoms with E-state index in [4.69, 9.17) is 5.11 Å². The van der Waals surface area contributed by atoms with E-state index in [9.17, 15) is 9.59 Å². The van der Waals surface area contributed by atoms with E-state index in [1.165, 1.54) is 6.92 Å². The van der Waals surface area contributed by atoms with E-state index in [2.05, 4.69) is 10.6 Å². The van der Waals surface area contributed by atoms with Gasteiger partial charge in [0.2, 0.25) is 5.91 Å². The molecule has 0 heterocycles. The molecule has 110 valence electrons. The monoisotopic (exact) mass is 286 g/mol. The Morgan fingerprint density at radius 3 is 2.38 bits per heavy atom. The van der Waals surface area contributed by atoms with Gasteiger partial charge in [-0.3, -0.25) is 9.59 Å². The molecule has 2 rings (SSSR count). The summed E-state index contributed by atoms with van der Waals surface area (Å²) >= 11 is 0. The zero-order valence-corrected chi connectivity index (χ0v) is 12.0. The molecule has 21 heavy (non-hydrogen) atoms. The van der Waals surface area contributed by atoms with E-state index in [0.29, 0.717) is 0 Å². The lowest BCUT2D eigenvalue weighted by molar-refractivity contribution is -0.141. The molecule has 2 aromatic rings. The van der Waals surface area contributed by atoms with Crippen LogP contribution in [-0.4, -0.2) is 29.1 Å². The normalized spacial score (nSPS) is 13.4. The van der Waals surface area contributed by atoms with Crippen LogP contribution in [-0.2, 0) is 9.59 Å². The Morgan fingerprint density at radius 2 is 1.67 bits per heavy atom. The van der Waals surface area contributed by atoms with Gasteiger partial charge < -0.3 is 15.7 Å². The lowest BCUT2D eigenvalue weighted by Gasteiger charge is -2.18. The van der Waals surface area contributed by atoms with Crippen LogP contribution in [0.1, 0.15) is 13.8 Å². The van der Waals surface area contributed by atoms with Crippen LogP contribution in [0.4, 0.5) is 5.69 Å². The summed E-state index contributed by atoms with van der Waals surface area (Å²) in [5, 5.41) is 16.5. The molecule has 2 aromatic carbocycles. The number of fused-ring (bicyclic) bond motifs is 1. The molecule has 0 saturated carbocycles. The van der Waals surface area contributed by atoms with Gasteiger partial charge in [-0.25, -0.2) is 0 Å². The Morgan fingerprint density at radius 1 is 1.00 bits per heavy atom. The van der Waals surface area contributed by atoms with Gasteiger partial charge in [0.1, 0.15) is 12.1 Å². The van der Waals surface area contributed by atoms with Crippen LogP contribution < -0.4 is 10.6 Å². The molecule has 0 fully saturated rings. The first-order chi connectivity index (χ1) is 9.99. The SMILES string of the molecule is CC(NC(=O)C(C)Nc1cccc2ccccc12)C(=O)O. The van der Waals surface area contributed by atoms with Crippen molar-refractivity contribution in [1.29, 1.82) is 0 Å². The second kappa shape index (κ2) is 6.26. The molecule has 0 aliphatic rings. The second-order valence-corrected chi connectivity index (χ2v) is 4.96. The highest BCUT2D eigenvalue weighted by Crippen LogP contribution is 2.23. The minimum Gasteiger partial charge on any atom is -0.480 e. The van der Waals surface area contributed by atoms with E-state index in [1.54, 1.807) is 6.92 Å². The third-order valence-corrected chi connectivity index (χ3v) is 3.28. The summed E-state index contributed by atoms with van der Waals surface area (Å²) < 4.78 is 0. The van der Waals surface area contributed by atoms with Crippen molar-refractivity contribution < 1.29 is 14.7 Å². The molecular weight excluding hydrogens is 268 g/mol. The molecule has 0 spiro atoms. The molecule has 1 amide bonds. The van der Waals surface area contributed by atoms with E-state index < -0.39 is 18.1 Å². The quantitative estimate of drug-likeness (QED) is 0.787. The Labute approximate surface area is 123 Å². The number of carbonyl (C=O) groups is 2. The number of carboxylic acids is 1. The van der Waals surface area contributed by atoms with Gasteiger partial charge in [-0.05, 0) is 25.3 Å². The van der Waals surface area contributed by atoms with Crippen molar-refractivity contribution in [2.45, 2.75) is 25.9 Å². The van der Waals surface area contributed by atoms with Crippen LogP contribution >= 0.6 is 0 Å². The molecule has 0 aliphatic heterocycles. The highest BCUT2D eigenvalue weighted by molar-refractivity contribution is 5.96. The smallest absolute Gasteiger partial charge is 0.325 e. The first kappa shape index (κ1) is 14.8. The van der Waals surface area contributed by atoms with Gasteiger partial charge in [0.15, 0.2) is 0 Å². The molecule has 5 heteroatoms. The summed E-state index contributed by atoms with van der Waals surface area (Å²) in [6, 6.07) is 12.2. The zero-order chi connectivity index (χ0) is 15.4. The van der Waals surface area contributed by atoms with Crippen molar-refractivity contribution >= 4 is 28.3 Å². The number of rotatable bonds is 5. The molecule has 3 N–H and O–H groups in total. The Balaban J connectivity index is 2.13. The van der Waals surface area contributed by atoms with Crippen molar-refractivity contribution in [3.05, 3.63) is 42.5 Å². The second-order valence-electron chi connectivity index (χ2n) is 4.96. The minimum absolute atomic E-state index is 0.349. The summed E-state index contributed by atoms with van der Waals surface area (Å²) in [7, 11) is 0. The Hall–Kier alpha value is -2.56. The first-order valence-electron chi connectivity index (χ1n) is 6.76. The van der Waals surface area contributed by atoms with Gasteiger partial charge in [-0.15, -0.1) is 0 Å². The van der Waals surface area contributed by atoms with Crippen molar-refractivity contribution in [3.63, 3.8) is 0 Å². The van der Waals surface area contributed by atoms with Gasteiger partial charge >= 0.3 is 5.97 Å². The van der Waals surface area contributed by atoms with Crippen LogP contribution in [0.3, 0.4) is 0 Å². The topological polar surface area (TPSA) is 78.4 Å².